The van der Waals surface area contributed by atoms with Crippen molar-refractivity contribution in [2.75, 3.05) is 43.1 Å². The fraction of sp³-hybridized carbons (Fsp3) is 0.267. The monoisotopic (exact) mass is 558 g/mol. The Bertz CT molecular complexity index is 1420. The van der Waals surface area contributed by atoms with Crippen molar-refractivity contribution < 1.29 is 13.9 Å². The molecule has 40 heavy (non-hydrogen) atoms. The minimum absolute atomic E-state index is 0.139. The van der Waals surface area contributed by atoms with Gasteiger partial charge < -0.3 is 19.9 Å². The third-order valence-electron chi connectivity index (χ3n) is 6.57. The Morgan fingerprint density at radius 2 is 1.70 bits per heavy atom. The zero-order valence-corrected chi connectivity index (χ0v) is 23.1. The van der Waals surface area contributed by atoms with Crippen LogP contribution in [0.1, 0.15) is 27.3 Å². The van der Waals surface area contributed by atoms with Crippen LogP contribution in [-0.4, -0.2) is 54.1 Å². The van der Waals surface area contributed by atoms with Crippen molar-refractivity contribution in [1.29, 1.82) is 0 Å². The van der Waals surface area contributed by atoms with E-state index in [4.69, 9.17) is 9.72 Å². The van der Waals surface area contributed by atoms with Crippen LogP contribution in [0.25, 0.3) is 0 Å². The summed E-state index contributed by atoms with van der Waals surface area (Å²) in [5.74, 6) is 1.17. The van der Waals surface area contributed by atoms with Gasteiger partial charge in [0.2, 0.25) is 0 Å². The van der Waals surface area contributed by atoms with Gasteiger partial charge >= 0.3 is 0 Å². The van der Waals surface area contributed by atoms with Crippen LogP contribution >= 0.6 is 11.8 Å². The number of rotatable bonds is 10. The maximum atomic E-state index is 14.3. The molecule has 0 saturated carbocycles. The molecule has 2 aromatic heterocycles. The van der Waals surface area contributed by atoms with E-state index in [1.807, 2.05) is 60.7 Å². The van der Waals surface area contributed by atoms with E-state index >= 15 is 0 Å². The number of hydrogen-bond acceptors (Lipinski definition) is 8. The van der Waals surface area contributed by atoms with Gasteiger partial charge in [-0.3, -0.25) is 9.78 Å². The molecule has 0 unspecified atom stereocenters. The molecule has 206 valence electrons. The van der Waals surface area contributed by atoms with E-state index in [-0.39, 0.29) is 11.7 Å². The number of piperazine rings is 1. The quantitative estimate of drug-likeness (QED) is 0.222. The van der Waals surface area contributed by atoms with Crippen molar-refractivity contribution in [3.05, 3.63) is 107 Å². The number of pyridine rings is 1. The number of halogens is 1. The molecule has 0 radical (unpaired) electrons. The maximum Gasteiger partial charge on any atom is 0.251 e. The molecule has 5 rings (SSSR count). The normalized spacial score (nSPS) is 13.3. The Hall–Kier alpha value is -4.02. The van der Waals surface area contributed by atoms with Gasteiger partial charge in [-0.05, 0) is 42.0 Å². The highest BCUT2D eigenvalue weighted by Crippen LogP contribution is 2.26. The number of nitrogens with one attached hydrogen (secondary N) is 1. The van der Waals surface area contributed by atoms with E-state index in [0.29, 0.717) is 48.4 Å². The Morgan fingerprint density at radius 3 is 2.42 bits per heavy atom. The van der Waals surface area contributed by atoms with Crippen LogP contribution in [0, 0.1) is 5.82 Å². The van der Waals surface area contributed by atoms with E-state index in [2.05, 4.69) is 25.1 Å². The predicted octanol–water partition coefficient (Wildman–Crippen LogP) is 4.71. The summed E-state index contributed by atoms with van der Waals surface area (Å²) in [6, 6.07) is 22.0. The van der Waals surface area contributed by atoms with Gasteiger partial charge in [0, 0.05) is 56.9 Å². The van der Waals surface area contributed by atoms with Crippen molar-refractivity contribution in [1.82, 2.24) is 20.3 Å². The third kappa shape index (κ3) is 7.13. The zero-order chi connectivity index (χ0) is 27.7. The second-order valence-electron chi connectivity index (χ2n) is 9.35. The van der Waals surface area contributed by atoms with Gasteiger partial charge in [0.05, 0.1) is 30.2 Å². The third-order valence-corrected chi connectivity index (χ3v) is 7.49. The van der Waals surface area contributed by atoms with Crippen LogP contribution in [-0.2, 0) is 23.6 Å². The van der Waals surface area contributed by atoms with E-state index < -0.39 is 0 Å². The number of nitrogens with zero attached hydrogens (tertiary/aromatic N) is 5. The average Bonchev–Trinajstić information content (AvgIpc) is 3.00. The number of carbonyl (C=O) groups excluding carboxylic acids is 1. The van der Waals surface area contributed by atoms with Crippen molar-refractivity contribution in [2.24, 2.45) is 0 Å². The molecule has 0 atom stereocenters. The number of methoxy groups -OCH3 is 1. The molecular formula is C30H31FN6O2S. The van der Waals surface area contributed by atoms with Crippen LogP contribution in [0.15, 0.2) is 84.1 Å². The number of para-hydroxylation sites is 1. The molecule has 4 aromatic rings. The molecular weight excluding hydrogens is 527 g/mol. The number of anilines is 2. The van der Waals surface area contributed by atoms with Gasteiger partial charge in [-0.1, -0.05) is 42.1 Å². The van der Waals surface area contributed by atoms with Gasteiger partial charge in [-0.15, -0.1) is 0 Å². The Labute approximate surface area is 237 Å². The lowest BCUT2D eigenvalue weighted by Crippen LogP contribution is -2.47. The molecule has 8 nitrogen and oxygen atoms in total. The molecule has 2 aromatic carbocycles. The summed E-state index contributed by atoms with van der Waals surface area (Å²) in [7, 11) is 1.65. The highest BCUT2D eigenvalue weighted by atomic mass is 32.2. The number of amides is 1. The van der Waals surface area contributed by atoms with Gasteiger partial charge in [-0.2, -0.15) is 0 Å². The van der Waals surface area contributed by atoms with Crippen LogP contribution in [0.3, 0.4) is 0 Å². The fourth-order valence-electron chi connectivity index (χ4n) is 4.47. The second-order valence-corrected chi connectivity index (χ2v) is 10.3. The number of benzene rings is 2. The Morgan fingerprint density at radius 1 is 0.950 bits per heavy atom. The van der Waals surface area contributed by atoms with Crippen molar-refractivity contribution in [2.45, 2.75) is 24.1 Å². The van der Waals surface area contributed by atoms with E-state index in [9.17, 15) is 9.18 Å². The molecule has 0 bridgehead atoms. The van der Waals surface area contributed by atoms with Gasteiger partial charge in [0.25, 0.3) is 5.91 Å². The average molecular weight is 559 g/mol. The molecule has 1 aliphatic rings. The second kappa shape index (κ2) is 13.4. The summed E-state index contributed by atoms with van der Waals surface area (Å²) in [5, 5.41) is 3.56. The van der Waals surface area contributed by atoms with E-state index in [0.717, 1.165) is 35.9 Å². The lowest BCUT2D eigenvalue weighted by Gasteiger charge is -2.37. The topological polar surface area (TPSA) is 83.5 Å². The predicted molar refractivity (Wildman–Crippen MR) is 155 cm³/mol. The van der Waals surface area contributed by atoms with Gasteiger partial charge in [0.15, 0.2) is 5.16 Å². The first kappa shape index (κ1) is 27.5. The highest BCUT2D eigenvalue weighted by Gasteiger charge is 2.21. The first-order valence-electron chi connectivity index (χ1n) is 13.1. The van der Waals surface area contributed by atoms with Crippen LogP contribution in [0.5, 0.6) is 0 Å². The summed E-state index contributed by atoms with van der Waals surface area (Å²) >= 11 is 1.54. The molecule has 1 aliphatic heterocycles. The molecule has 10 heteroatoms. The van der Waals surface area contributed by atoms with Crippen LogP contribution in [0.2, 0.25) is 0 Å². The van der Waals surface area contributed by atoms with Gasteiger partial charge in [-0.25, -0.2) is 14.4 Å². The minimum Gasteiger partial charge on any atom is -0.378 e. The summed E-state index contributed by atoms with van der Waals surface area (Å²) in [6.07, 6.45) is 1.71. The molecule has 1 saturated heterocycles. The summed E-state index contributed by atoms with van der Waals surface area (Å²) < 4.78 is 19.6. The van der Waals surface area contributed by atoms with Crippen LogP contribution in [0.4, 0.5) is 15.9 Å². The van der Waals surface area contributed by atoms with Gasteiger partial charge in [0.1, 0.15) is 11.6 Å². The fourth-order valence-corrected chi connectivity index (χ4v) is 5.30. The molecule has 3 heterocycles. The van der Waals surface area contributed by atoms with Crippen molar-refractivity contribution in [3.63, 3.8) is 0 Å². The van der Waals surface area contributed by atoms with E-state index in [1.165, 1.54) is 17.8 Å². The zero-order valence-electron chi connectivity index (χ0n) is 22.3. The van der Waals surface area contributed by atoms with Crippen LogP contribution < -0.4 is 15.1 Å². The highest BCUT2D eigenvalue weighted by molar-refractivity contribution is 7.98. The molecule has 0 spiro atoms. The first-order chi connectivity index (χ1) is 19.6. The molecule has 1 N–H and O–H groups in total. The number of aromatic nitrogens is 3. The number of carbonyl (C=O) groups is 1. The minimum atomic E-state index is -0.197. The lowest BCUT2D eigenvalue weighted by atomic mass is 10.1. The summed E-state index contributed by atoms with van der Waals surface area (Å²) in [4.78, 5) is 30.5. The molecule has 1 fully saturated rings. The maximum absolute atomic E-state index is 14.3. The van der Waals surface area contributed by atoms with Crippen molar-refractivity contribution >= 4 is 29.2 Å². The number of ether oxygens (including phenoxy) is 1. The van der Waals surface area contributed by atoms with E-state index in [1.54, 1.807) is 19.4 Å². The summed E-state index contributed by atoms with van der Waals surface area (Å²) in [5.41, 5.74) is 3.92. The molecule has 0 aliphatic carbocycles. The SMILES string of the molecule is COCc1cc(N2CCN(c3ccccc3F)CC2)nc(SCc2ccc(C(=O)NCc3ccccn3)cc2)n1. The number of thioether (sulfide) groups is 1. The first-order valence-corrected chi connectivity index (χ1v) is 14.1. The summed E-state index contributed by atoms with van der Waals surface area (Å²) in [6.45, 7) is 3.63. The lowest BCUT2D eigenvalue weighted by molar-refractivity contribution is 0.0950. The van der Waals surface area contributed by atoms with Crippen molar-refractivity contribution in [3.8, 4) is 0 Å². The standard InChI is InChI=1S/C30H31FN6O2S/c1-39-20-25-18-28(37-16-14-36(15-17-37)27-8-3-2-7-26(27)31)35-30(34-25)40-21-22-9-11-23(12-10-22)29(38)33-19-24-6-4-5-13-32-24/h2-13,18H,14-17,19-21H2,1H3,(H,33,38). The number of hydrogen-bond donors (Lipinski definition) is 1. The Balaban J connectivity index is 1.19. The molecule has 1 amide bonds. The smallest absolute Gasteiger partial charge is 0.251 e. The largest absolute Gasteiger partial charge is 0.378 e. The Kier molecular flexibility index (Phi) is 9.20.